The van der Waals surface area contributed by atoms with Crippen molar-refractivity contribution in [2.24, 2.45) is 5.41 Å². The summed E-state index contributed by atoms with van der Waals surface area (Å²) < 4.78 is 29.1. The number of fused-ring (bicyclic) bond motifs is 6. The molecule has 3 aromatic carbocycles. The molecule has 4 atom stereocenters. The lowest BCUT2D eigenvalue weighted by Crippen LogP contribution is -2.51. The summed E-state index contributed by atoms with van der Waals surface area (Å²) in [6.45, 7) is 4.91. The van der Waals surface area contributed by atoms with Crippen LogP contribution in [0.1, 0.15) is 37.7 Å². The Labute approximate surface area is 261 Å². The normalized spacial score (nSPS) is 26.5. The minimum absolute atomic E-state index is 0.0439. The van der Waals surface area contributed by atoms with Crippen LogP contribution in [0.4, 0.5) is 10.2 Å². The fourth-order valence-electron chi connectivity index (χ4n) is 8.20. The van der Waals surface area contributed by atoms with E-state index in [4.69, 9.17) is 25.9 Å². The highest BCUT2D eigenvalue weighted by molar-refractivity contribution is 6.04. The number of piperazine rings is 1. The zero-order valence-corrected chi connectivity index (χ0v) is 25.1. The number of rotatable bonds is 7. The molecule has 2 N–H and O–H groups in total. The van der Waals surface area contributed by atoms with E-state index in [1.165, 1.54) is 0 Å². The highest BCUT2D eigenvalue weighted by Gasteiger charge is 2.49. The molecule has 1 saturated carbocycles. The van der Waals surface area contributed by atoms with Gasteiger partial charge in [0.05, 0.1) is 19.3 Å². The van der Waals surface area contributed by atoms with E-state index < -0.39 is 5.82 Å². The molecule has 1 aromatic heterocycles. The van der Waals surface area contributed by atoms with Crippen LogP contribution in [0.2, 0.25) is 0 Å². The fourth-order valence-corrected chi connectivity index (χ4v) is 8.20. The van der Waals surface area contributed by atoms with Crippen molar-refractivity contribution in [2.45, 2.75) is 56.3 Å². The van der Waals surface area contributed by atoms with Crippen LogP contribution in [0.5, 0.6) is 11.8 Å². The van der Waals surface area contributed by atoms with E-state index in [1.54, 1.807) is 18.2 Å². The van der Waals surface area contributed by atoms with Crippen LogP contribution in [0, 0.1) is 23.6 Å². The van der Waals surface area contributed by atoms with Crippen molar-refractivity contribution in [1.82, 2.24) is 20.2 Å². The van der Waals surface area contributed by atoms with Crippen LogP contribution >= 0.6 is 0 Å². The molecule has 4 bridgehead atoms. The number of terminal acetylenes is 1. The summed E-state index contributed by atoms with van der Waals surface area (Å²) >= 11 is 0. The molecular formula is C36H36FN5O3. The van der Waals surface area contributed by atoms with Gasteiger partial charge in [-0.3, -0.25) is 4.90 Å². The maximum atomic E-state index is 16.9. The second-order valence-corrected chi connectivity index (χ2v) is 13.8. The SMILES string of the molecule is C#Cc1cccc2cc(O)cc(-c3ccc4c(N5CC6CCC(C5)N6)nc(OCC5(CN6C[C@@H]7C[C@H]6CO7)CC5)nc4c3F)c12. The summed E-state index contributed by atoms with van der Waals surface area (Å²) in [7, 11) is 0. The highest BCUT2D eigenvalue weighted by atomic mass is 19.1. The number of anilines is 1. The van der Waals surface area contributed by atoms with Crippen LogP contribution in [0.25, 0.3) is 32.8 Å². The molecule has 0 spiro atoms. The van der Waals surface area contributed by atoms with Crippen molar-refractivity contribution in [2.75, 3.05) is 44.3 Å². The number of nitrogens with zero attached hydrogens (tertiary/aromatic N) is 4. The third kappa shape index (κ3) is 4.70. The van der Waals surface area contributed by atoms with Gasteiger partial charge in [0, 0.05) is 71.6 Å². The summed E-state index contributed by atoms with van der Waals surface area (Å²) in [6.07, 6.45) is 11.8. The molecule has 230 valence electrons. The molecule has 8 nitrogen and oxygen atoms in total. The molecule has 45 heavy (non-hydrogen) atoms. The molecule has 4 saturated heterocycles. The van der Waals surface area contributed by atoms with Crippen molar-refractivity contribution in [3.05, 3.63) is 53.8 Å². The molecule has 5 aliphatic rings. The monoisotopic (exact) mass is 605 g/mol. The Hall–Kier alpha value is -3.97. The second kappa shape index (κ2) is 10.3. The first kappa shape index (κ1) is 27.3. The van der Waals surface area contributed by atoms with Gasteiger partial charge in [-0.05, 0) is 67.3 Å². The van der Waals surface area contributed by atoms with E-state index in [1.807, 2.05) is 24.3 Å². The number of morpholine rings is 1. The number of likely N-dealkylation sites (tertiary alicyclic amines) is 1. The summed E-state index contributed by atoms with van der Waals surface area (Å²) in [4.78, 5) is 14.5. The van der Waals surface area contributed by atoms with E-state index in [2.05, 4.69) is 21.0 Å². The standard InChI is InChI=1S/C36H36FN5O3/c1-2-21-4-3-5-22-12-26(43)14-30(31(21)22)28-8-9-29-33(32(28)37)39-35(40-34(29)41-15-23-6-7-24(16-41)38-23)45-20-36(10-11-36)19-42-17-27-13-25(42)18-44-27/h1,3-5,8-9,12,14,23-25,27,38,43H,6-7,10-11,13,15-20H2/t23?,24?,25-,27-/m0/s1. The van der Waals surface area contributed by atoms with E-state index in [0.717, 1.165) is 75.7 Å². The van der Waals surface area contributed by atoms with Gasteiger partial charge in [0.1, 0.15) is 17.1 Å². The van der Waals surface area contributed by atoms with Gasteiger partial charge in [-0.15, -0.1) is 6.42 Å². The van der Waals surface area contributed by atoms with Crippen molar-refractivity contribution < 1.29 is 19.0 Å². The van der Waals surface area contributed by atoms with Gasteiger partial charge in [-0.1, -0.05) is 24.1 Å². The second-order valence-electron chi connectivity index (χ2n) is 13.8. The van der Waals surface area contributed by atoms with Gasteiger partial charge in [-0.25, -0.2) is 4.39 Å². The molecule has 0 amide bonds. The van der Waals surface area contributed by atoms with Gasteiger partial charge in [0.2, 0.25) is 0 Å². The fraction of sp³-hybridized carbons (Fsp3) is 0.444. The van der Waals surface area contributed by atoms with Gasteiger partial charge < -0.3 is 24.8 Å². The zero-order valence-electron chi connectivity index (χ0n) is 25.1. The predicted octanol–water partition coefficient (Wildman–Crippen LogP) is 4.85. The largest absolute Gasteiger partial charge is 0.508 e. The number of benzene rings is 3. The number of hydrogen-bond donors (Lipinski definition) is 2. The first-order valence-corrected chi connectivity index (χ1v) is 16.2. The number of aromatic hydroxyl groups is 1. The Morgan fingerprint density at radius 2 is 1.93 bits per heavy atom. The van der Waals surface area contributed by atoms with Crippen LogP contribution in [0.3, 0.4) is 0 Å². The topological polar surface area (TPSA) is 83.0 Å². The lowest BCUT2D eigenvalue weighted by Gasteiger charge is -2.34. The number of nitrogens with one attached hydrogen (secondary N) is 1. The average molecular weight is 606 g/mol. The van der Waals surface area contributed by atoms with Gasteiger partial charge in [-0.2, -0.15) is 9.97 Å². The molecule has 9 rings (SSSR count). The molecule has 5 fully saturated rings. The number of ether oxygens (including phenoxy) is 2. The van der Waals surface area contributed by atoms with Crippen LogP contribution in [-0.4, -0.2) is 83.6 Å². The Morgan fingerprint density at radius 3 is 2.67 bits per heavy atom. The first-order chi connectivity index (χ1) is 21.9. The van der Waals surface area contributed by atoms with Crippen LogP contribution in [-0.2, 0) is 4.74 Å². The quantitative estimate of drug-likeness (QED) is 0.290. The maximum Gasteiger partial charge on any atom is 0.319 e. The van der Waals surface area contributed by atoms with E-state index >= 15 is 4.39 Å². The smallest absolute Gasteiger partial charge is 0.319 e. The van der Waals surface area contributed by atoms with E-state index in [9.17, 15) is 5.11 Å². The molecule has 9 heteroatoms. The number of hydrogen-bond acceptors (Lipinski definition) is 8. The molecular weight excluding hydrogens is 569 g/mol. The Kier molecular flexibility index (Phi) is 6.25. The molecule has 5 heterocycles. The molecule has 2 unspecified atom stereocenters. The number of aromatic nitrogens is 2. The molecule has 4 aromatic rings. The maximum absolute atomic E-state index is 16.9. The summed E-state index contributed by atoms with van der Waals surface area (Å²) in [6, 6.07) is 13.9. The molecule has 0 radical (unpaired) electrons. The third-order valence-corrected chi connectivity index (χ3v) is 10.7. The van der Waals surface area contributed by atoms with Gasteiger partial charge in [0.25, 0.3) is 0 Å². The Bertz CT molecular complexity index is 1870. The lowest BCUT2D eigenvalue weighted by atomic mass is 9.93. The zero-order chi connectivity index (χ0) is 30.3. The minimum Gasteiger partial charge on any atom is -0.508 e. The third-order valence-electron chi connectivity index (χ3n) is 10.7. The van der Waals surface area contributed by atoms with Gasteiger partial charge >= 0.3 is 6.01 Å². The number of halogens is 1. The van der Waals surface area contributed by atoms with Crippen LogP contribution in [0.15, 0.2) is 42.5 Å². The summed E-state index contributed by atoms with van der Waals surface area (Å²) in [5, 5.41) is 16.4. The average Bonchev–Trinajstić information content (AvgIpc) is 3.30. The van der Waals surface area contributed by atoms with Gasteiger partial charge in [0.15, 0.2) is 5.82 Å². The summed E-state index contributed by atoms with van der Waals surface area (Å²) in [5.41, 5.74) is 1.78. The van der Waals surface area contributed by atoms with E-state index in [-0.39, 0.29) is 22.7 Å². The minimum atomic E-state index is -0.480. The number of phenols is 1. The van der Waals surface area contributed by atoms with Crippen molar-refractivity contribution >= 4 is 27.5 Å². The van der Waals surface area contributed by atoms with Crippen molar-refractivity contribution in [3.63, 3.8) is 0 Å². The Balaban J connectivity index is 1.12. The molecule has 4 aliphatic heterocycles. The predicted molar refractivity (Wildman–Crippen MR) is 171 cm³/mol. The lowest BCUT2D eigenvalue weighted by molar-refractivity contribution is 0.0176. The highest BCUT2D eigenvalue weighted by Crippen LogP contribution is 2.48. The van der Waals surface area contributed by atoms with E-state index in [0.29, 0.717) is 58.7 Å². The summed E-state index contributed by atoms with van der Waals surface area (Å²) in [5.74, 6) is 3.01. The van der Waals surface area contributed by atoms with Crippen molar-refractivity contribution in [1.29, 1.82) is 0 Å². The van der Waals surface area contributed by atoms with Crippen LogP contribution < -0.4 is 15.0 Å². The van der Waals surface area contributed by atoms with Crippen molar-refractivity contribution in [3.8, 4) is 35.2 Å². The Morgan fingerprint density at radius 1 is 1.09 bits per heavy atom. The molecule has 1 aliphatic carbocycles. The number of phenolic OH excluding ortho intramolecular Hbond substituents is 1. The first-order valence-electron chi connectivity index (χ1n) is 16.2.